The number of barbiturate groups is 1. The highest BCUT2D eigenvalue weighted by molar-refractivity contribution is 6.43. The van der Waals surface area contributed by atoms with Crippen molar-refractivity contribution in [1.29, 1.82) is 0 Å². The number of nitrogens with one attached hydrogen (secondary N) is 1. The number of halogens is 2. The molecule has 200 valence electrons. The molecular formula is C30H26Cl2N2O5. The van der Waals surface area contributed by atoms with Crippen LogP contribution in [0.3, 0.4) is 0 Å². The van der Waals surface area contributed by atoms with E-state index in [-0.39, 0.29) is 21.3 Å². The Kier molecular flexibility index (Phi) is 8.74. The van der Waals surface area contributed by atoms with E-state index in [4.69, 9.17) is 32.7 Å². The number of anilines is 1. The molecule has 1 saturated heterocycles. The number of urea groups is 1. The largest absolute Gasteiger partial charge is 0.490 e. The van der Waals surface area contributed by atoms with Gasteiger partial charge in [-0.1, -0.05) is 59.1 Å². The predicted octanol–water partition coefficient (Wildman–Crippen LogP) is 6.67. The highest BCUT2D eigenvalue weighted by atomic mass is 35.5. The number of carbonyl (C=O) groups excluding carboxylic acids is 3. The first kappa shape index (κ1) is 28.0. The number of allylic oxidation sites excluding steroid dienone is 1. The van der Waals surface area contributed by atoms with E-state index in [2.05, 4.69) is 11.9 Å². The third-order valence-corrected chi connectivity index (χ3v) is 6.64. The lowest BCUT2D eigenvalue weighted by molar-refractivity contribution is -0.122. The number of carbonyl (C=O) groups is 3. The maximum absolute atomic E-state index is 13.3. The lowest BCUT2D eigenvalue weighted by Gasteiger charge is -2.26. The summed E-state index contributed by atoms with van der Waals surface area (Å²) in [6.45, 7) is 8.40. The molecule has 1 N–H and O–H groups in total. The molecule has 1 aliphatic rings. The number of imide groups is 2. The summed E-state index contributed by atoms with van der Waals surface area (Å²) >= 11 is 12.1. The van der Waals surface area contributed by atoms with Gasteiger partial charge in [0.2, 0.25) is 0 Å². The molecule has 0 bridgehead atoms. The van der Waals surface area contributed by atoms with E-state index in [0.29, 0.717) is 36.7 Å². The molecule has 0 atom stereocenters. The van der Waals surface area contributed by atoms with Crippen molar-refractivity contribution >= 4 is 52.8 Å². The van der Waals surface area contributed by atoms with Gasteiger partial charge in [-0.05, 0) is 67.8 Å². The topological polar surface area (TPSA) is 84.9 Å². The Balaban J connectivity index is 1.72. The number of benzene rings is 3. The third-order valence-electron chi connectivity index (χ3n) is 5.90. The van der Waals surface area contributed by atoms with E-state index in [1.54, 1.807) is 18.2 Å². The van der Waals surface area contributed by atoms with Crippen LogP contribution in [-0.4, -0.2) is 24.5 Å². The highest BCUT2D eigenvalue weighted by Crippen LogP contribution is 2.36. The molecule has 4 amide bonds. The molecule has 4 rings (SSSR count). The molecule has 0 saturated carbocycles. The predicted molar refractivity (Wildman–Crippen MR) is 152 cm³/mol. The van der Waals surface area contributed by atoms with Crippen LogP contribution in [0, 0.1) is 6.92 Å². The number of ether oxygens (including phenoxy) is 2. The quantitative estimate of drug-likeness (QED) is 0.178. The summed E-state index contributed by atoms with van der Waals surface area (Å²) in [6.07, 6.45) is 3.59. The number of nitrogens with zero attached hydrogens (tertiary/aromatic N) is 1. The smallest absolute Gasteiger partial charge is 0.335 e. The summed E-state index contributed by atoms with van der Waals surface area (Å²) < 4.78 is 12.1. The molecule has 3 aromatic carbocycles. The van der Waals surface area contributed by atoms with Crippen molar-refractivity contribution in [2.45, 2.75) is 26.9 Å². The molecule has 0 radical (unpaired) electrons. The van der Waals surface area contributed by atoms with Crippen molar-refractivity contribution in [2.75, 3.05) is 11.5 Å². The van der Waals surface area contributed by atoms with Gasteiger partial charge in [-0.25, -0.2) is 9.69 Å². The van der Waals surface area contributed by atoms with E-state index in [1.165, 1.54) is 24.3 Å². The minimum absolute atomic E-state index is 0.161. The molecule has 1 heterocycles. The summed E-state index contributed by atoms with van der Waals surface area (Å²) in [7, 11) is 0. The van der Waals surface area contributed by atoms with Crippen molar-refractivity contribution in [3.05, 3.63) is 105 Å². The second-order valence-corrected chi connectivity index (χ2v) is 9.58. The van der Waals surface area contributed by atoms with Crippen LogP contribution in [0.5, 0.6) is 11.5 Å². The molecule has 1 aliphatic heterocycles. The molecule has 7 nitrogen and oxygen atoms in total. The Morgan fingerprint density at radius 1 is 0.974 bits per heavy atom. The summed E-state index contributed by atoms with van der Waals surface area (Å²) in [4.78, 5) is 39.5. The van der Waals surface area contributed by atoms with Gasteiger partial charge >= 0.3 is 6.03 Å². The molecule has 3 aromatic rings. The van der Waals surface area contributed by atoms with Crippen LogP contribution in [0.25, 0.3) is 6.08 Å². The first-order valence-electron chi connectivity index (χ1n) is 12.2. The van der Waals surface area contributed by atoms with E-state index in [9.17, 15) is 14.4 Å². The number of aryl methyl sites for hydroxylation is 1. The van der Waals surface area contributed by atoms with Crippen LogP contribution in [0.4, 0.5) is 10.5 Å². The number of rotatable bonds is 9. The summed E-state index contributed by atoms with van der Waals surface area (Å²) in [6, 6.07) is 14.9. The van der Waals surface area contributed by atoms with Gasteiger partial charge in [-0.2, -0.15) is 0 Å². The Morgan fingerprint density at radius 3 is 2.38 bits per heavy atom. The zero-order valence-corrected chi connectivity index (χ0v) is 22.9. The minimum atomic E-state index is -0.886. The molecule has 0 aliphatic carbocycles. The second kappa shape index (κ2) is 12.2. The zero-order valence-electron chi connectivity index (χ0n) is 21.4. The van der Waals surface area contributed by atoms with Gasteiger partial charge in [0, 0.05) is 5.56 Å². The van der Waals surface area contributed by atoms with E-state index in [1.807, 2.05) is 38.1 Å². The Labute approximate surface area is 236 Å². The fraction of sp³-hybridized carbons (Fsp3) is 0.167. The zero-order chi connectivity index (χ0) is 28.1. The molecule has 1 fully saturated rings. The van der Waals surface area contributed by atoms with Gasteiger partial charge in [0.25, 0.3) is 11.8 Å². The molecular weight excluding hydrogens is 539 g/mol. The number of hydrogen-bond acceptors (Lipinski definition) is 5. The van der Waals surface area contributed by atoms with Gasteiger partial charge in [-0.15, -0.1) is 6.58 Å². The van der Waals surface area contributed by atoms with Gasteiger partial charge in [0.15, 0.2) is 11.5 Å². The van der Waals surface area contributed by atoms with Crippen LogP contribution >= 0.6 is 23.2 Å². The molecule has 39 heavy (non-hydrogen) atoms. The lowest BCUT2D eigenvalue weighted by Crippen LogP contribution is -2.54. The number of hydrogen-bond donors (Lipinski definition) is 1. The van der Waals surface area contributed by atoms with Crippen molar-refractivity contribution in [3.8, 4) is 11.5 Å². The van der Waals surface area contributed by atoms with E-state index >= 15 is 0 Å². The molecule has 0 aromatic heterocycles. The molecule has 0 unspecified atom stereocenters. The molecule has 9 heteroatoms. The summed E-state index contributed by atoms with van der Waals surface area (Å²) in [5, 5.41) is 2.63. The average Bonchev–Trinajstić information content (AvgIpc) is 2.89. The van der Waals surface area contributed by atoms with E-state index in [0.717, 1.165) is 21.6 Å². The van der Waals surface area contributed by atoms with Crippen LogP contribution in [0.15, 0.2) is 72.8 Å². The SMILES string of the molecule is C=CCc1cc(/C=C2\C(=O)NC(=O)N(c3ccc(Cl)c(Cl)c3)C2=O)cc(OCC)c1OCc1ccc(C)cc1. The maximum Gasteiger partial charge on any atom is 0.335 e. The van der Waals surface area contributed by atoms with Gasteiger partial charge < -0.3 is 9.47 Å². The minimum Gasteiger partial charge on any atom is -0.490 e. The standard InChI is InChI=1S/C30H26Cl2N2O5/c1-4-6-21-13-20(15-26(38-5-2)27(21)39-17-19-9-7-18(3)8-10-19)14-23-28(35)33-30(37)34(29(23)36)22-11-12-24(31)25(32)16-22/h4,7-16H,1,5-6,17H2,2-3H3,(H,33,35,37)/b23-14+. The summed E-state index contributed by atoms with van der Waals surface area (Å²) in [5.41, 5.74) is 3.36. The Bertz CT molecular complexity index is 1480. The van der Waals surface area contributed by atoms with E-state index < -0.39 is 17.8 Å². The van der Waals surface area contributed by atoms with Crippen molar-refractivity contribution < 1.29 is 23.9 Å². The lowest BCUT2D eigenvalue weighted by atomic mass is 10.0. The Hall–Kier alpha value is -4.07. The third kappa shape index (κ3) is 6.33. The fourth-order valence-electron chi connectivity index (χ4n) is 4.02. The normalized spacial score (nSPS) is 14.4. The van der Waals surface area contributed by atoms with Crippen LogP contribution in [-0.2, 0) is 22.6 Å². The second-order valence-electron chi connectivity index (χ2n) is 8.76. The Morgan fingerprint density at radius 2 is 1.72 bits per heavy atom. The number of amides is 4. The van der Waals surface area contributed by atoms with Gasteiger partial charge in [-0.3, -0.25) is 14.9 Å². The fourth-order valence-corrected chi connectivity index (χ4v) is 4.32. The van der Waals surface area contributed by atoms with Gasteiger partial charge in [0.05, 0.1) is 22.3 Å². The van der Waals surface area contributed by atoms with Crippen molar-refractivity contribution in [2.24, 2.45) is 0 Å². The average molecular weight is 565 g/mol. The molecule has 0 spiro atoms. The van der Waals surface area contributed by atoms with Crippen molar-refractivity contribution in [1.82, 2.24) is 5.32 Å². The van der Waals surface area contributed by atoms with Gasteiger partial charge in [0.1, 0.15) is 12.2 Å². The van der Waals surface area contributed by atoms with Crippen LogP contribution in [0.2, 0.25) is 10.0 Å². The van der Waals surface area contributed by atoms with Crippen molar-refractivity contribution in [3.63, 3.8) is 0 Å². The summed E-state index contributed by atoms with van der Waals surface area (Å²) in [5.74, 6) is -0.613. The maximum atomic E-state index is 13.3. The van der Waals surface area contributed by atoms with Crippen LogP contribution in [0.1, 0.15) is 29.2 Å². The van der Waals surface area contributed by atoms with Crippen LogP contribution < -0.4 is 19.7 Å². The monoisotopic (exact) mass is 564 g/mol. The first-order chi connectivity index (χ1) is 18.7. The first-order valence-corrected chi connectivity index (χ1v) is 12.9. The highest BCUT2D eigenvalue weighted by Gasteiger charge is 2.37.